The molecule has 0 unspecified atom stereocenters. The largest absolute Gasteiger partial charge is 0.508 e. The molecule has 128 valence electrons. The number of Topliss-reactive ketones (excluding diaryl/α,β-unsaturated/α-hetero) is 1. The molecule has 2 aromatic carbocycles. The molecule has 0 saturated heterocycles. The van der Waals surface area contributed by atoms with E-state index in [4.69, 9.17) is 9.47 Å². The van der Waals surface area contributed by atoms with Gasteiger partial charge in [0.05, 0.1) is 5.56 Å². The Labute approximate surface area is 144 Å². The van der Waals surface area contributed by atoms with Crippen LogP contribution >= 0.6 is 0 Å². The maximum Gasteiger partial charge on any atom is 0.257 e. The fourth-order valence-corrected chi connectivity index (χ4v) is 2.38. The third-order valence-electron chi connectivity index (χ3n) is 3.58. The van der Waals surface area contributed by atoms with Crippen molar-refractivity contribution >= 4 is 17.8 Å². The van der Waals surface area contributed by atoms with Gasteiger partial charge in [0.25, 0.3) is 5.91 Å². The van der Waals surface area contributed by atoms with Crippen molar-refractivity contribution in [3.8, 4) is 17.2 Å². The lowest BCUT2D eigenvalue weighted by molar-refractivity contribution is -0.122. The predicted octanol–water partition coefficient (Wildman–Crippen LogP) is 2.52. The molecule has 25 heavy (non-hydrogen) atoms. The normalized spacial score (nSPS) is 14.1. The summed E-state index contributed by atoms with van der Waals surface area (Å²) in [6, 6.07) is 11.3. The first kappa shape index (κ1) is 16.6. The molecule has 1 amide bonds. The summed E-state index contributed by atoms with van der Waals surface area (Å²) in [7, 11) is 0. The molecule has 6 heteroatoms. The van der Waals surface area contributed by atoms with Crippen LogP contribution in [0.3, 0.4) is 0 Å². The molecule has 6 nitrogen and oxygen atoms in total. The number of carbonyl (C=O) groups excluding carboxylic acids is 2. The van der Waals surface area contributed by atoms with Gasteiger partial charge in [-0.25, -0.2) is 0 Å². The van der Waals surface area contributed by atoms with Crippen molar-refractivity contribution < 1.29 is 24.2 Å². The molecule has 1 aliphatic rings. The smallest absolute Gasteiger partial charge is 0.257 e. The zero-order valence-electron chi connectivity index (χ0n) is 13.6. The van der Waals surface area contributed by atoms with Crippen molar-refractivity contribution in [1.82, 2.24) is 5.32 Å². The minimum atomic E-state index is -0.230. The Balaban J connectivity index is 1.68. The number of aromatic hydroxyl groups is 1. The van der Waals surface area contributed by atoms with Crippen LogP contribution < -0.4 is 14.8 Å². The molecule has 0 saturated carbocycles. The van der Waals surface area contributed by atoms with Gasteiger partial charge in [-0.3, -0.25) is 9.59 Å². The van der Waals surface area contributed by atoms with Crippen LogP contribution in [0.25, 0.3) is 6.08 Å². The van der Waals surface area contributed by atoms with Gasteiger partial charge in [-0.1, -0.05) is 12.1 Å². The molecular weight excluding hydrogens is 322 g/mol. The number of carbonyl (C=O) groups is 2. The van der Waals surface area contributed by atoms with Crippen LogP contribution in [0, 0.1) is 0 Å². The molecule has 0 bridgehead atoms. The Morgan fingerprint density at radius 3 is 2.72 bits per heavy atom. The van der Waals surface area contributed by atoms with E-state index < -0.39 is 0 Å². The van der Waals surface area contributed by atoms with Gasteiger partial charge in [0.15, 0.2) is 12.4 Å². The second-order valence-electron chi connectivity index (χ2n) is 5.43. The average Bonchev–Trinajstić information content (AvgIpc) is 2.89. The van der Waals surface area contributed by atoms with Gasteiger partial charge in [-0.15, -0.1) is 0 Å². The van der Waals surface area contributed by atoms with Gasteiger partial charge in [0, 0.05) is 12.6 Å². The molecule has 1 heterocycles. The second kappa shape index (κ2) is 7.09. The molecule has 2 N–H and O–H groups in total. The van der Waals surface area contributed by atoms with Crippen molar-refractivity contribution in [2.45, 2.75) is 6.92 Å². The molecule has 0 radical (unpaired) electrons. The SMILES string of the molecule is CCNC(=O)COc1ccc(/C=C2/Oc3cc(O)ccc3C2=O)cc1. The minimum Gasteiger partial charge on any atom is -0.508 e. The van der Waals surface area contributed by atoms with Crippen molar-refractivity contribution in [3.05, 3.63) is 59.4 Å². The van der Waals surface area contributed by atoms with Gasteiger partial charge in [0.1, 0.15) is 17.2 Å². The van der Waals surface area contributed by atoms with E-state index in [0.717, 1.165) is 5.56 Å². The third-order valence-corrected chi connectivity index (χ3v) is 3.58. The standard InChI is InChI=1S/C19H17NO5/c1-2-20-18(22)11-24-14-6-3-12(4-7-14)9-17-19(23)15-8-5-13(21)10-16(15)25-17/h3-10,21H,2,11H2,1H3,(H,20,22)/b17-9+. The van der Waals surface area contributed by atoms with E-state index in [0.29, 0.717) is 23.6 Å². The van der Waals surface area contributed by atoms with Crippen molar-refractivity contribution in [2.24, 2.45) is 0 Å². The summed E-state index contributed by atoms with van der Waals surface area (Å²) in [6.07, 6.45) is 1.62. The topological polar surface area (TPSA) is 84.9 Å². The molecular formula is C19H17NO5. The summed E-state index contributed by atoms with van der Waals surface area (Å²) in [5.41, 5.74) is 1.18. The Kier molecular flexibility index (Phi) is 4.70. The van der Waals surface area contributed by atoms with Crippen molar-refractivity contribution in [3.63, 3.8) is 0 Å². The number of nitrogens with one attached hydrogen (secondary N) is 1. The van der Waals surface area contributed by atoms with Crippen LogP contribution in [0.5, 0.6) is 17.2 Å². The maximum absolute atomic E-state index is 12.3. The van der Waals surface area contributed by atoms with Crippen molar-refractivity contribution in [1.29, 1.82) is 0 Å². The number of amides is 1. The lowest BCUT2D eigenvalue weighted by Crippen LogP contribution is -2.28. The van der Waals surface area contributed by atoms with Crippen molar-refractivity contribution in [2.75, 3.05) is 13.2 Å². The predicted molar refractivity (Wildman–Crippen MR) is 91.7 cm³/mol. The van der Waals surface area contributed by atoms with Gasteiger partial charge < -0.3 is 19.9 Å². The van der Waals surface area contributed by atoms with Crippen LogP contribution in [0.2, 0.25) is 0 Å². The highest BCUT2D eigenvalue weighted by Crippen LogP contribution is 2.34. The minimum absolute atomic E-state index is 0.0430. The number of ketones is 1. The number of rotatable bonds is 5. The first-order valence-corrected chi connectivity index (χ1v) is 7.83. The van der Waals surface area contributed by atoms with Crippen LogP contribution in [-0.4, -0.2) is 29.9 Å². The number of phenolic OH excluding ortho intramolecular Hbond substituents is 1. The number of hydrogen-bond acceptors (Lipinski definition) is 5. The van der Waals surface area contributed by atoms with E-state index in [1.54, 1.807) is 30.3 Å². The quantitative estimate of drug-likeness (QED) is 0.818. The number of allylic oxidation sites excluding steroid dienone is 1. The fourth-order valence-electron chi connectivity index (χ4n) is 2.38. The summed E-state index contributed by atoms with van der Waals surface area (Å²) in [6.45, 7) is 2.35. The van der Waals surface area contributed by atoms with Gasteiger partial charge >= 0.3 is 0 Å². The Morgan fingerprint density at radius 1 is 1.24 bits per heavy atom. The summed E-state index contributed by atoms with van der Waals surface area (Å²) in [4.78, 5) is 23.6. The maximum atomic E-state index is 12.3. The highest BCUT2D eigenvalue weighted by atomic mass is 16.5. The highest BCUT2D eigenvalue weighted by Gasteiger charge is 2.27. The summed E-state index contributed by atoms with van der Waals surface area (Å²) in [5, 5.41) is 12.1. The number of phenols is 1. The van der Waals surface area contributed by atoms with Crippen LogP contribution in [0.15, 0.2) is 48.2 Å². The lowest BCUT2D eigenvalue weighted by atomic mass is 10.1. The number of fused-ring (bicyclic) bond motifs is 1. The Bertz CT molecular complexity index is 839. The number of benzene rings is 2. The first-order valence-electron chi connectivity index (χ1n) is 7.83. The summed E-state index contributed by atoms with van der Waals surface area (Å²) in [5.74, 6) is 0.725. The molecule has 0 spiro atoms. The zero-order chi connectivity index (χ0) is 17.8. The molecule has 0 atom stereocenters. The molecule has 3 rings (SSSR count). The molecule has 0 fully saturated rings. The second-order valence-corrected chi connectivity index (χ2v) is 5.43. The molecule has 1 aliphatic heterocycles. The number of hydrogen-bond donors (Lipinski definition) is 2. The van der Waals surface area contributed by atoms with Crippen LogP contribution in [-0.2, 0) is 4.79 Å². The number of likely N-dealkylation sites (N-methyl/N-ethyl adjacent to an activating group) is 1. The van der Waals surface area contributed by atoms with Gasteiger partial charge in [-0.2, -0.15) is 0 Å². The Morgan fingerprint density at radius 2 is 2.00 bits per heavy atom. The average molecular weight is 339 g/mol. The highest BCUT2D eigenvalue weighted by molar-refractivity contribution is 6.14. The molecule has 0 aliphatic carbocycles. The summed E-state index contributed by atoms with van der Waals surface area (Å²) < 4.78 is 10.9. The van der Waals surface area contributed by atoms with E-state index in [1.165, 1.54) is 18.2 Å². The monoisotopic (exact) mass is 339 g/mol. The van der Waals surface area contributed by atoms with E-state index >= 15 is 0 Å². The van der Waals surface area contributed by atoms with E-state index in [-0.39, 0.29) is 29.8 Å². The van der Waals surface area contributed by atoms with Crippen LogP contribution in [0.1, 0.15) is 22.8 Å². The van der Waals surface area contributed by atoms with E-state index in [2.05, 4.69) is 5.32 Å². The van der Waals surface area contributed by atoms with Gasteiger partial charge in [0.2, 0.25) is 5.78 Å². The molecule has 0 aromatic heterocycles. The van der Waals surface area contributed by atoms with Gasteiger partial charge in [-0.05, 0) is 42.8 Å². The number of ether oxygens (including phenoxy) is 2. The van der Waals surface area contributed by atoms with E-state index in [1.807, 2.05) is 6.92 Å². The molecule has 2 aromatic rings. The first-order chi connectivity index (χ1) is 12.1. The Hall–Kier alpha value is -3.28. The summed E-state index contributed by atoms with van der Waals surface area (Å²) >= 11 is 0. The zero-order valence-corrected chi connectivity index (χ0v) is 13.6. The fraction of sp³-hybridized carbons (Fsp3) is 0.158. The van der Waals surface area contributed by atoms with Crippen LogP contribution in [0.4, 0.5) is 0 Å². The lowest BCUT2D eigenvalue weighted by Gasteiger charge is -2.06. The van der Waals surface area contributed by atoms with E-state index in [9.17, 15) is 14.7 Å². The third kappa shape index (κ3) is 3.80.